The van der Waals surface area contributed by atoms with Crippen molar-refractivity contribution in [2.75, 3.05) is 7.11 Å². The summed E-state index contributed by atoms with van der Waals surface area (Å²) < 4.78 is 6.80. The highest BCUT2D eigenvalue weighted by atomic mass is 32.2. The highest BCUT2D eigenvalue weighted by molar-refractivity contribution is 7.99. The lowest BCUT2D eigenvalue weighted by Crippen LogP contribution is -2.17. The van der Waals surface area contributed by atoms with E-state index in [0.717, 1.165) is 11.3 Å². The molecule has 0 aliphatic carbocycles. The molecular formula is C14H17N3O3S. The van der Waals surface area contributed by atoms with Crippen molar-refractivity contribution in [3.63, 3.8) is 0 Å². The van der Waals surface area contributed by atoms with Crippen molar-refractivity contribution in [2.45, 2.75) is 36.9 Å². The number of nitrogens with zero attached hydrogens (tertiary/aromatic N) is 2. The average molecular weight is 307 g/mol. The Bertz CT molecular complexity index is 706. The van der Waals surface area contributed by atoms with Crippen molar-refractivity contribution in [2.24, 2.45) is 0 Å². The first-order valence-electron chi connectivity index (χ1n) is 6.59. The second-order valence-electron chi connectivity index (χ2n) is 4.45. The first-order valence-corrected chi connectivity index (χ1v) is 7.41. The molecule has 0 radical (unpaired) electrons. The number of ether oxygens (including phenoxy) is 1. The first kappa shape index (κ1) is 15.4. The first-order chi connectivity index (χ1) is 10.1. The zero-order valence-electron chi connectivity index (χ0n) is 12.2. The van der Waals surface area contributed by atoms with Crippen LogP contribution in [0.3, 0.4) is 0 Å². The van der Waals surface area contributed by atoms with Gasteiger partial charge in [-0.05, 0) is 37.2 Å². The summed E-state index contributed by atoms with van der Waals surface area (Å²) in [6.45, 7) is 4.06. The van der Waals surface area contributed by atoms with Gasteiger partial charge in [0.15, 0.2) is 10.9 Å². The van der Waals surface area contributed by atoms with E-state index in [0.29, 0.717) is 23.0 Å². The van der Waals surface area contributed by atoms with Crippen LogP contribution in [0.4, 0.5) is 0 Å². The Hall–Kier alpha value is -2.02. The summed E-state index contributed by atoms with van der Waals surface area (Å²) in [4.78, 5) is 24.3. The fourth-order valence-corrected chi connectivity index (χ4v) is 3.08. The summed E-state index contributed by atoms with van der Waals surface area (Å²) in [5.74, 6) is 0.433. The monoisotopic (exact) mass is 307 g/mol. The lowest BCUT2D eigenvalue weighted by molar-refractivity contribution is 0.101. The minimum Gasteiger partial charge on any atom is -0.496 e. The van der Waals surface area contributed by atoms with Gasteiger partial charge in [0, 0.05) is 11.4 Å². The zero-order valence-corrected chi connectivity index (χ0v) is 13.0. The van der Waals surface area contributed by atoms with Gasteiger partial charge in [-0.15, -0.1) is 5.10 Å². The van der Waals surface area contributed by atoms with Gasteiger partial charge < -0.3 is 4.74 Å². The van der Waals surface area contributed by atoms with Crippen molar-refractivity contribution in [3.05, 3.63) is 34.2 Å². The molecule has 1 aromatic carbocycles. The number of carbonyl (C=O) groups is 1. The van der Waals surface area contributed by atoms with E-state index in [-0.39, 0.29) is 11.5 Å². The summed E-state index contributed by atoms with van der Waals surface area (Å²) in [5, 5.41) is 7.00. The second kappa shape index (κ2) is 6.62. The molecule has 6 nitrogen and oxygen atoms in total. The van der Waals surface area contributed by atoms with Crippen molar-refractivity contribution >= 4 is 17.5 Å². The van der Waals surface area contributed by atoms with E-state index in [1.807, 2.05) is 19.1 Å². The summed E-state index contributed by atoms with van der Waals surface area (Å²) >= 11 is 1.28. The van der Waals surface area contributed by atoms with E-state index in [1.165, 1.54) is 25.8 Å². The molecule has 1 N–H and O–H groups in total. The Morgan fingerprint density at radius 2 is 2.24 bits per heavy atom. The predicted molar refractivity (Wildman–Crippen MR) is 80.3 cm³/mol. The average Bonchev–Trinajstić information content (AvgIpc) is 2.80. The van der Waals surface area contributed by atoms with E-state index in [1.54, 1.807) is 10.6 Å². The number of ketones is 1. The second-order valence-corrected chi connectivity index (χ2v) is 5.46. The topological polar surface area (TPSA) is 77.0 Å². The summed E-state index contributed by atoms with van der Waals surface area (Å²) in [6, 6.07) is 5.37. The van der Waals surface area contributed by atoms with Crippen molar-refractivity contribution < 1.29 is 9.53 Å². The van der Waals surface area contributed by atoms with Gasteiger partial charge in [-0.1, -0.05) is 13.0 Å². The number of benzene rings is 1. The molecule has 0 spiro atoms. The van der Waals surface area contributed by atoms with E-state index < -0.39 is 0 Å². The molecule has 2 aromatic rings. The van der Waals surface area contributed by atoms with Gasteiger partial charge in [0.25, 0.3) is 0 Å². The molecule has 21 heavy (non-hydrogen) atoms. The third-order valence-electron chi connectivity index (χ3n) is 2.93. The molecule has 0 aliphatic heterocycles. The minimum absolute atomic E-state index is 0.0881. The van der Waals surface area contributed by atoms with Crippen LogP contribution in [0.5, 0.6) is 5.75 Å². The molecule has 7 heteroatoms. The number of aromatic nitrogens is 3. The SMILES string of the molecule is CCCn1c(Sc2cccc(OC)c2C(C)=O)n[nH]c1=O. The van der Waals surface area contributed by atoms with Crippen LogP contribution < -0.4 is 10.4 Å². The molecule has 0 saturated heterocycles. The van der Waals surface area contributed by atoms with Crippen molar-refractivity contribution in [3.8, 4) is 5.75 Å². The number of hydrogen-bond acceptors (Lipinski definition) is 5. The number of rotatable bonds is 6. The van der Waals surface area contributed by atoms with Crippen LogP contribution >= 0.6 is 11.8 Å². The molecule has 0 aliphatic rings. The number of aromatic amines is 1. The van der Waals surface area contributed by atoms with E-state index in [9.17, 15) is 9.59 Å². The smallest absolute Gasteiger partial charge is 0.343 e. The Morgan fingerprint density at radius 3 is 2.86 bits per heavy atom. The molecule has 0 unspecified atom stereocenters. The van der Waals surface area contributed by atoms with Crippen LogP contribution in [-0.4, -0.2) is 27.7 Å². The van der Waals surface area contributed by atoms with Gasteiger partial charge in [-0.3, -0.25) is 9.36 Å². The minimum atomic E-state index is -0.244. The number of methoxy groups -OCH3 is 1. The van der Waals surface area contributed by atoms with E-state index >= 15 is 0 Å². The quantitative estimate of drug-likeness (QED) is 0.829. The van der Waals surface area contributed by atoms with E-state index in [2.05, 4.69) is 10.2 Å². The molecule has 2 rings (SSSR count). The maximum Gasteiger partial charge on any atom is 0.343 e. The summed E-state index contributed by atoms with van der Waals surface area (Å²) in [6.07, 6.45) is 0.824. The van der Waals surface area contributed by atoms with Gasteiger partial charge in [-0.2, -0.15) is 0 Å². The van der Waals surface area contributed by atoms with Gasteiger partial charge in [0.05, 0.1) is 12.7 Å². The molecule has 0 bridgehead atoms. The molecule has 0 amide bonds. The normalized spacial score (nSPS) is 10.6. The standard InChI is InChI=1S/C14H17N3O3S/c1-4-8-17-13(19)15-16-14(17)21-11-7-5-6-10(20-3)12(11)9(2)18/h5-7H,4,8H2,1-3H3,(H,15,19). The Morgan fingerprint density at radius 1 is 1.48 bits per heavy atom. The number of H-pyrrole nitrogens is 1. The van der Waals surface area contributed by atoms with Crippen LogP contribution in [0.15, 0.2) is 33.0 Å². The van der Waals surface area contributed by atoms with Crippen molar-refractivity contribution in [1.29, 1.82) is 0 Å². The molecule has 0 fully saturated rings. The van der Waals surface area contributed by atoms with Gasteiger partial charge in [0.1, 0.15) is 5.75 Å². The highest BCUT2D eigenvalue weighted by Crippen LogP contribution is 2.33. The summed E-state index contributed by atoms with van der Waals surface area (Å²) in [7, 11) is 1.53. The Balaban J connectivity index is 2.45. The number of carbonyl (C=O) groups excluding carboxylic acids is 1. The van der Waals surface area contributed by atoms with Crippen LogP contribution in [-0.2, 0) is 6.54 Å². The maximum absolute atomic E-state index is 11.9. The Labute approximate surface area is 126 Å². The maximum atomic E-state index is 11.9. The highest BCUT2D eigenvalue weighted by Gasteiger charge is 2.17. The van der Waals surface area contributed by atoms with Crippen molar-refractivity contribution in [1.82, 2.24) is 14.8 Å². The number of nitrogens with one attached hydrogen (secondary N) is 1. The van der Waals surface area contributed by atoms with Crippen LogP contribution in [0.2, 0.25) is 0 Å². The lowest BCUT2D eigenvalue weighted by Gasteiger charge is -2.11. The third kappa shape index (κ3) is 3.18. The zero-order chi connectivity index (χ0) is 15.4. The molecule has 112 valence electrons. The molecule has 0 atom stereocenters. The molecule has 1 heterocycles. The van der Waals surface area contributed by atoms with Gasteiger partial charge in [-0.25, -0.2) is 9.89 Å². The molecule has 1 aromatic heterocycles. The predicted octanol–water partition coefficient (Wildman–Crippen LogP) is 2.34. The lowest BCUT2D eigenvalue weighted by atomic mass is 10.1. The van der Waals surface area contributed by atoms with Crippen LogP contribution in [0.1, 0.15) is 30.6 Å². The molecule has 0 saturated carbocycles. The fraction of sp³-hybridized carbons (Fsp3) is 0.357. The van der Waals surface area contributed by atoms with Gasteiger partial charge >= 0.3 is 5.69 Å². The van der Waals surface area contributed by atoms with E-state index in [4.69, 9.17) is 4.74 Å². The Kier molecular flexibility index (Phi) is 4.85. The largest absolute Gasteiger partial charge is 0.496 e. The summed E-state index contributed by atoms with van der Waals surface area (Å²) in [5.41, 5.74) is 0.259. The number of hydrogen-bond donors (Lipinski definition) is 1. The third-order valence-corrected chi connectivity index (χ3v) is 3.99. The number of Topliss-reactive ketones (excluding diaryl/α,β-unsaturated/α-hetero) is 1. The van der Waals surface area contributed by atoms with Gasteiger partial charge in [0.2, 0.25) is 0 Å². The van der Waals surface area contributed by atoms with Crippen LogP contribution in [0, 0.1) is 0 Å². The molecular weight excluding hydrogens is 290 g/mol. The fourth-order valence-electron chi connectivity index (χ4n) is 2.01. The van der Waals surface area contributed by atoms with Crippen LogP contribution in [0.25, 0.3) is 0 Å².